The maximum absolute atomic E-state index is 13.1. The van der Waals surface area contributed by atoms with E-state index in [-0.39, 0.29) is 42.8 Å². The summed E-state index contributed by atoms with van der Waals surface area (Å²) in [6.45, 7) is 1.48. The van der Waals surface area contributed by atoms with E-state index in [0.717, 1.165) is 28.0 Å². The number of aliphatic carboxylic acids is 2. The van der Waals surface area contributed by atoms with Gasteiger partial charge in [0.05, 0.1) is 17.9 Å². The number of nitrogen functional groups attached to an aromatic ring is 1. The Morgan fingerprint density at radius 1 is 1.31 bits per heavy atom. The lowest BCUT2D eigenvalue weighted by atomic mass is 10.0. The molecule has 2 amide bonds. The summed E-state index contributed by atoms with van der Waals surface area (Å²) in [6.07, 6.45) is -0.401. The molecular weight excluding hydrogens is 597 g/mol. The number of anilines is 1. The SMILES string of the molecule is CO/N=C(\C(=O)N[C@@H]1C(=O)N2C(C(=O)O)=C(CS(=O)(=O)c3nc(C)c(CC(=O)O)s3)CS[C@H]12)c1csc(N)n1. The number of β-lactam (4-membered cyclic amide) rings is 1. The lowest BCUT2D eigenvalue weighted by Crippen LogP contribution is -2.71. The normalized spacial score (nSPS) is 19.4. The van der Waals surface area contributed by atoms with Crippen molar-refractivity contribution in [2.24, 2.45) is 5.16 Å². The number of aryl methyl sites for hydroxylation is 1. The second-order valence-electron chi connectivity index (χ2n) is 8.13. The molecule has 19 heteroatoms. The van der Waals surface area contributed by atoms with Crippen LogP contribution in [0, 0.1) is 6.92 Å². The molecule has 5 N–H and O–H groups in total. The molecule has 2 aliphatic heterocycles. The van der Waals surface area contributed by atoms with Crippen LogP contribution in [0.25, 0.3) is 0 Å². The minimum Gasteiger partial charge on any atom is -0.481 e. The van der Waals surface area contributed by atoms with E-state index in [9.17, 15) is 32.7 Å². The van der Waals surface area contributed by atoms with Gasteiger partial charge in [0.1, 0.15) is 29.9 Å². The first-order valence-electron chi connectivity index (χ1n) is 10.8. The van der Waals surface area contributed by atoms with Crippen LogP contribution in [0.5, 0.6) is 0 Å². The van der Waals surface area contributed by atoms with Crippen molar-refractivity contribution in [3.63, 3.8) is 0 Å². The maximum atomic E-state index is 13.1. The maximum Gasteiger partial charge on any atom is 0.352 e. The van der Waals surface area contributed by atoms with E-state index in [2.05, 4.69) is 20.4 Å². The van der Waals surface area contributed by atoms with Gasteiger partial charge in [-0.3, -0.25) is 19.3 Å². The Bertz CT molecular complexity index is 1540. The van der Waals surface area contributed by atoms with Crippen molar-refractivity contribution in [3.8, 4) is 0 Å². The Hall–Kier alpha value is -3.55. The first-order valence-corrected chi connectivity index (χ1v) is 15.2. The molecule has 1 saturated heterocycles. The van der Waals surface area contributed by atoms with E-state index in [1.54, 1.807) is 0 Å². The van der Waals surface area contributed by atoms with Gasteiger partial charge in [-0.2, -0.15) is 0 Å². The van der Waals surface area contributed by atoms with Gasteiger partial charge in [-0.25, -0.2) is 23.2 Å². The Balaban J connectivity index is 1.55. The summed E-state index contributed by atoms with van der Waals surface area (Å²) < 4.78 is 25.8. The molecule has 0 unspecified atom stereocenters. The van der Waals surface area contributed by atoms with Crippen LogP contribution in [0.15, 0.2) is 26.1 Å². The molecule has 1 fully saturated rings. The summed E-state index contributed by atoms with van der Waals surface area (Å²) >= 11 is 2.85. The zero-order valence-corrected chi connectivity index (χ0v) is 23.4. The number of nitrogens with zero attached hydrogens (tertiary/aromatic N) is 4. The molecule has 2 aromatic rings. The van der Waals surface area contributed by atoms with Crippen molar-refractivity contribution < 1.29 is 42.6 Å². The molecule has 0 aromatic carbocycles. The number of amides is 2. The van der Waals surface area contributed by atoms with Crippen molar-refractivity contribution in [1.82, 2.24) is 20.2 Å². The summed E-state index contributed by atoms with van der Waals surface area (Å²) in [5.41, 5.74) is 5.22. The predicted molar refractivity (Wildman–Crippen MR) is 140 cm³/mol. The fraction of sp³-hybridized carbons (Fsp3) is 0.350. The number of rotatable bonds is 10. The number of hydrogen-bond acceptors (Lipinski definition) is 14. The summed E-state index contributed by atoms with van der Waals surface area (Å²) in [7, 11) is -2.93. The van der Waals surface area contributed by atoms with E-state index in [1.807, 2.05) is 0 Å². The van der Waals surface area contributed by atoms with Crippen molar-refractivity contribution in [2.75, 3.05) is 24.3 Å². The van der Waals surface area contributed by atoms with Crippen LogP contribution in [0.2, 0.25) is 0 Å². The number of aromatic nitrogens is 2. The number of fused-ring (bicyclic) bond motifs is 1. The molecule has 0 spiro atoms. The number of carbonyl (C=O) groups is 4. The molecule has 0 aliphatic carbocycles. The molecular formula is C20H20N6O9S4. The highest BCUT2D eigenvalue weighted by molar-refractivity contribution is 8.00. The lowest BCUT2D eigenvalue weighted by Gasteiger charge is -2.49. The summed E-state index contributed by atoms with van der Waals surface area (Å²) in [5.74, 6) is -5.00. The predicted octanol–water partition coefficient (Wildman–Crippen LogP) is -0.320. The van der Waals surface area contributed by atoms with Crippen molar-refractivity contribution >= 4 is 78.9 Å². The Labute approximate surface area is 232 Å². The number of thioether (sulfide) groups is 1. The van der Waals surface area contributed by atoms with Crippen LogP contribution < -0.4 is 11.1 Å². The molecule has 0 bridgehead atoms. The van der Waals surface area contributed by atoms with Crippen LogP contribution in [0.1, 0.15) is 16.3 Å². The van der Waals surface area contributed by atoms with E-state index in [4.69, 9.17) is 15.7 Å². The van der Waals surface area contributed by atoms with Gasteiger partial charge in [0.15, 0.2) is 10.8 Å². The number of oxime groups is 1. The molecule has 39 heavy (non-hydrogen) atoms. The van der Waals surface area contributed by atoms with E-state index in [1.165, 1.54) is 19.4 Å². The fourth-order valence-electron chi connectivity index (χ4n) is 3.82. The third-order valence-corrected chi connectivity index (χ3v) is 10.8. The molecule has 2 atom stereocenters. The first-order chi connectivity index (χ1) is 18.3. The highest BCUT2D eigenvalue weighted by atomic mass is 32.2. The van der Waals surface area contributed by atoms with Gasteiger partial charge in [-0.1, -0.05) is 5.16 Å². The molecule has 0 radical (unpaired) electrons. The van der Waals surface area contributed by atoms with E-state index in [0.29, 0.717) is 11.3 Å². The second-order valence-corrected chi connectivity index (χ2v) is 13.4. The quantitative estimate of drug-likeness (QED) is 0.152. The molecule has 15 nitrogen and oxygen atoms in total. The monoisotopic (exact) mass is 616 g/mol. The summed E-state index contributed by atoms with van der Waals surface area (Å²) in [6, 6.07) is -1.12. The number of hydrogen-bond donors (Lipinski definition) is 4. The Morgan fingerprint density at radius 3 is 2.62 bits per heavy atom. The highest BCUT2D eigenvalue weighted by Gasteiger charge is 2.54. The minimum atomic E-state index is -4.15. The van der Waals surface area contributed by atoms with Crippen molar-refractivity contribution in [2.45, 2.75) is 29.1 Å². The zero-order valence-electron chi connectivity index (χ0n) is 20.1. The van der Waals surface area contributed by atoms with Crippen LogP contribution in [-0.4, -0.2) is 93.0 Å². The van der Waals surface area contributed by atoms with Gasteiger partial charge >= 0.3 is 11.9 Å². The first kappa shape index (κ1) is 28.5. The average Bonchev–Trinajstić information content (AvgIpc) is 3.45. The number of thiazole rings is 2. The standard InChI is InChI=1S/C20H20N6O9S4/c1-7-10(3-11(27)28)38-20(22-7)39(33,34)6-8-4-36-17-13(16(30)26(17)14(8)18(31)32)24-15(29)12(25-35-2)9-5-37-19(21)23-9/h5,13,17H,3-4,6H2,1-2H3,(H2,21,23)(H,24,29)(H,27,28)(H,31,32)/b25-12-/t13-,17-/m1/s1. The van der Waals surface area contributed by atoms with E-state index >= 15 is 0 Å². The number of carboxylic acids is 2. The third kappa shape index (κ3) is 5.60. The largest absolute Gasteiger partial charge is 0.481 e. The topological polar surface area (TPSA) is 232 Å². The molecule has 4 rings (SSSR count). The molecule has 2 aliphatic rings. The average molecular weight is 617 g/mol. The van der Waals surface area contributed by atoms with Gasteiger partial charge in [0.25, 0.3) is 11.8 Å². The molecule has 4 heterocycles. The second kappa shape index (κ2) is 10.9. The van der Waals surface area contributed by atoms with Gasteiger partial charge in [-0.05, 0) is 12.5 Å². The Morgan fingerprint density at radius 2 is 2.03 bits per heavy atom. The molecule has 208 valence electrons. The van der Waals surface area contributed by atoms with Crippen LogP contribution >= 0.6 is 34.4 Å². The Kier molecular flexibility index (Phi) is 7.96. The van der Waals surface area contributed by atoms with E-state index < -0.39 is 62.9 Å². The number of nitrogens with one attached hydrogen (secondary N) is 1. The third-order valence-electron chi connectivity index (χ3n) is 5.51. The van der Waals surface area contributed by atoms with Gasteiger partial charge in [0, 0.05) is 16.0 Å². The number of sulfone groups is 1. The molecule has 2 aromatic heterocycles. The fourth-order valence-corrected chi connectivity index (χ4v) is 8.71. The highest BCUT2D eigenvalue weighted by Crippen LogP contribution is 2.41. The zero-order chi connectivity index (χ0) is 28.6. The molecule has 0 saturated carbocycles. The summed E-state index contributed by atoms with van der Waals surface area (Å²) in [5, 5.41) is 25.9. The number of carbonyl (C=O) groups excluding carboxylic acids is 2. The van der Waals surface area contributed by atoms with Crippen LogP contribution in [0.3, 0.4) is 0 Å². The number of nitrogens with two attached hydrogens (primary N) is 1. The van der Waals surface area contributed by atoms with Crippen LogP contribution in [-0.2, 0) is 40.3 Å². The smallest absolute Gasteiger partial charge is 0.352 e. The summed E-state index contributed by atoms with van der Waals surface area (Å²) in [4.78, 5) is 62.8. The van der Waals surface area contributed by atoms with Crippen LogP contribution in [0.4, 0.5) is 5.13 Å². The van der Waals surface area contributed by atoms with Gasteiger partial charge in [0.2, 0.25) is 14.2 Å². The minimum absolute atomic E-state index is 0.0332. The number of carboxylic acid groups (broad SMARTS) is 2. The van der Waals surface area contributed by atoms with Crippen molar-refractivity contribution in [1.29, 1.82) is 0 Å². The lowest BCUT2D eigenvalue weighted by molar-refractivity contribution is -0.150. The van der Waals surface area contributed by atoms with Crippen molar-refractivity contribution in [3.05, 3.63) is 32.9 Å². The van der Waals surface area contributed by atoms with Gasteiger partial charge < -0.3 is 26.1 Å². The van der Waals surface area contributed by atoms with Gasteiger partial charge in [-0.15, -0.1) is 34.4 Å².